The third kappa shape index (κ3) is 2.90. The van der Waals surface area contributed by atoms with Crippen LogP contribution in [0.25, 0.3) is 0 Å². The van der Waals surface area contributed by atoms with E-state index in [2.05, 4.69) is 4.90 Å². The van der Waals surface area contributed by atoms with Crippen LogP contribution in [0.5, 0.6) is 0 Å². The molecule has 0 saturated carbocycles. The van der Waals surface area contributed by atoms with E-state index in [1.54, 1.807) is 23.1 Å². The molecule has 1 aromatic heterocycles. The SMILES string of the molecule is C[C@H](c1ccccc1F)N1CCN(C(=O)c2ccco2)CC1. The molecule has 22 heavy (non-hydrogen) atoms. The van der Waals surface area contributed by atoms with E-state index in [-0.39, 0.29) is 17.8 Å². The highest BCUT2D eigenvalue weighted by Crippen LogP contribution is 2.24. The molecule has 0 N–H and O–H groups in total. The van der Waals surface area contributed by atoms with E-state index in [4.69, 9.17) is 4.42 Å². The number of furan rings is 1. The maximum absolute atomic E-state index is 13.9. The third-order valence-corrected chi connectivity index (χ3v) is 4.24. The Morgan fingerprint density at radius 2 is 1.86 bits per heavy atom. The summed E-state index contributed by atoms with van der Waals surface area (Å²) in [5, 5.41) is 0. The molecular weight excluding hydrogens is 283 g/mol. The molecule has 0 bridgehead atoms. The van der Waals surface area contributed by atoms with Crippen LogP contribution in [0.15, 0.2) is 47.1 Å². The summed E-state index contributed by atoms with van der Waals surface area (Å²) >= 11 is 0. The number of hydrogen-bond donors (Lipinski definition) is 0. The zero-order chi connectivity index (χ0) is 15.5. The lowest BCUT2D eigenvalue weighted by Crippen LogP contribution is -2.49. The third-order valence-electron chi connectivity index (χ3n) is 4.24. The zero-order valence-electron chi connectivity index (χ0n) is 12.5. The van der Waals surface area contributed by atoms with Crippen molar-refractivity contribution in [3.8, 4) is 0 Å². The van der Waals surface area contributed by atoms with E-state index in [1.165, 1.54) is 12.3 Å². The molecule has 0 unspecified atom stereocenters. The minimum atomic E-state index is -0.177. The van der Waals surface area contributed by atoms with Crippen molar-refractivity contribution in [2.45, 2.75) is 13.0 Å². The number of nitrogens with zero attached hydrogens (tertiary/aromatic N) is 2. The van der Waals surface area contributed by atoms with Crippen molar-refractivity contribution >= 4 is 5.91 Å². The average molecular weight is 302 g/mol. The second-order valence-electron chi connectivity index (χ2n) is 5.50. The highest BCUT2D eigenvalue weighted by atomic mass is 19.1. The van der Waals surface area contributed by atoms with Crippen LogP contribution in [0.3, 0.4) is 0 Å². The Balaban J connectivity index is 1.62. The van der Waals surface area contributed by atoms with Crippen LogP contribution >= 0.6 is 0 Å². The number of carbonyl (C=O) groups excluding carboxylic acids is 1. The van der Waals surface area contributed by atoms with Gasteiger partial charge in [-0.15, -0.1) is 0 Å². The molecule has 116 valence electrons. The molecule has 1 amide bonds. The number of amides is 1. The molecule has 2 heterocycles. The lowest BCUT2D eigenvalue weighted by Gasteiger charge is -2.38. The van der Waals surface area contributed by atoms with Gasteiger partial charge in [-0.2, -0.15) is 0 Å². The molecule has 0 spiro atoms. The minimum absolute atomic E-state index is 0.00191. The van der Waals surface area contributed by atoms with Crippen molar-refractivity contribution in [1.82, 2.24) is 9.80 Å². The van der Waals surface area contributed by atoms with Crippen LogP contribution in [-0.4, -0.2) is 41.9 Å². The molecule has 4 nitrogen and oxygen atoms in total. The van der Waals surface area contributed by atoms with Gasteiger partial charge in [0.05, 0.1) is 6.26 Å². The van der Waals surface area contributed by atoms with E-state index < -0.39 is 0 Å². The quantitative estimate of drug-likeness (QED) is 0.874. The van der Waals surface area contributed by atoms with Crippen LogP contribution in [0, 0.1) is 5.82 Å². The van der Waals surface area contributed by atoms with E-state index in [1.807, 2.05) is 19.1 Å². The van der Waals surface area contributed by atoms with Gasteiger partial charge in [-0.3, -0.25) is 9.69 Å². The normalized spacial score (nSPS) is 17.5. The summed E-state index contributed by atoms with van der Waals surface area (Å²) in [6.07, 6.45) is 1.50. The van der Waals surface area contributed by atoms with Crippen molar-refractivity contribution < 1.29 is 13.6 Å². The highest BCUT2D eigenvalue weighted by Gasteiger charge is 2.27. The van der Waals surface area contributed by atoms with Gasteiger partial charge in [0.1, 0.15) is 5.82 Å². The van der Waals surface area contributed by atoms with Crippen LogP contribution in [0.4, 0.5) is 4.39 Å². The van der Waals surface area contributed by atoms with Gasteiger partial charge in [-0.05, 0) is 25.1 Å². The van der Waals surface area contributed by atoms with Gasteiger partial charge in [-0.1, -0.05) is 18.2 Å². The van der Waals surface area contributed by atoms with Gasteiger partial charge in [0, 0.05) is 37.8 Å². The molecule has 0 aliphatic carbocycles. The van der Waals surface area contributed by atoms with Crippen molar-refractivity contribution in [2.24, 2.45) is 0 Å². The lowest BCUT2D eigenvalue weighted by atomic mass is 10.1. The summed E-state index contributed by atoms with van der Waals surface area (Å²) < 4.78 is 19.0. The summed E-state index contributed by atoms with van der Waals surface area (Å²) in [6, 6.07) is 10.3. The van der Waals surface area contributed by atoms with Gasteiger partial charge < -0.3 is 9.32 Å². The number of carbonyl (C=O) groups is 1. The molecule has 1 fully saturated rings. The molecule has 1 aromatic carbocycles. The van der Waals surface area contributed by atoms with Gasteiger partial charge in [0.2, 0.25) is 0 Å². The summed E-state index contributed by atoms with van der Waals surface area (Å²) in [6.45, 7) is 4.70. The standard InChI is InChI=1S/C17H19FN2O2/c1-13(14-5-2-3-6-15(14)18)19-8-10-20(11-9-19)17(21)16-7-4-12-22-16/h2-7,12-13H,8-11H2,1H3/t13-/m1/s1. The molecule has 0 radical (unpaired) electrons. The fraction of sp³-hybridized carbons (Fsp3) is 0.353. The summed E-state index contributed by atoms with van der Waals surface area (Å²) in [7, 11) is 0. The first kappa shape index (κ1) is 14.8. The van der Waals surface area contributed by atoms with Crippen LogP contribution in [-0.2, 0) is 0 Å². The topological polar surface area (TPSA) is 36.7 Å². The molecule has 1 aliphatic rings. The Morgan fingerprint density at radius 1 is 1.14 bits per heavy atom. The second-order valence-corrected chi connectivity index (χ2v) is 5.50. The summed E-state index contributed by atoms with van der Waals surface area (Å²) in [4.78, 5) is 16.2. The first-order chi connectivity index (χ1) is 10.7. The van der Waals surface area contributed by atoms with E-state index >= 15 is 0 Å². The molecule has 3 rings (SSSR count). The predicted octanol–water partition coefficient (Wildman–Crippen LogP) is 2.94. The van der Waals surface area contributed by atoms with E-state index in [0.29, 0.717) is 24.4 Å². The lowest BCUT2D eigenvalue weighted by molar-refractivity contribution is 0.0550. The Bertz CT molecular complexity index is 634. The van der Waals surface area contributed by atoms with Crippen molar-refractivity contribution in [3.05, 3.63) is 59.8 Å². The first-order valence-corrected chi connectivity index (χ1v) is 7.48. The molecule has 1 aliphatic heterocycles. The maximum atomic E-state index is 13.9. The van der Waals surface area contributed by atoms with Gasteiger partial charge >= 0.3 is 0 Å². The number of hydrogen-bond acceptors (Lipinski definition) is 3. The Labute approximate surface area is 129 Å². The smallest absolute Gasteiger partial charge is 0.289 e. The van der Waals surface area contributed by atoms with Crippen LogP contribution in [0.1, 0.15) is 29.1 Å². The Hall–Kier alpha value is -2.14. The molecule has 1 saturated heterocycles. The zero-order valence-corrected chi connectivity index (χ0v) is 12.5. The summed E-state index contributed by atoms with van der Waals surface area (Å²) in [5.41, 5.74) is 0.702. The molecule has 1 atom stereocenters. The Morgan fingerprint density at radius 3 is 2.50 bits per heavy atom. The maximum Gasteiger partial charge on any atom is 0.289 e. The Kier molecular flexibility index (Phi) is 4.24. The van der Waals surface area contributed by atoms with E-state index in [0.717, 1.165) is 13.1 Å². The van der Waals surface area contributed by atoms with Gasteiger partial charge in [-0.25, -0.2) is 4.39 Å². The fourth-order valence-corrected chi connectivity index (χ4v) is 2.88. The largest absolute Gasteiger partial charge is 0.459 e. The number of halogens is 1. The monoisotopic (exact) mass is 302 g/mol. The summed E-state index contributed by atoms with van der Waals surface area (Å²) in [5.74, 6) is 0.114. The first-order valence-electron chi connectivity index (χ1n) is 7.48. The van der Waals surface area contributed by atoms with Crippen molar-refractivity contribution in [3.63, 3.8) is 0 Å². The number of rotatable bonds is 3. The van der Waals surface area contributed by atoms with Gasteiger partial charge in [0.15, 0.2) is 5.76 Å². The van der Waals surface area contributed by atoms with Crippen LogP contribution < -0.4 is 0 Å². The molecular formula is C17H19FN2O2. The number of piperazine rings is 1. The minimum Gasteiger partial charge on any atom is -0.459 e. The van der Waals surface area contributed by atoms with Crippen molar-refractivity contribution in [1.29, 1.82) is 0 Å². The van der Waals surface area contributed by atoms with Gasteiger partial charge in [0.25, 0.3) is 5.91 Å². The van der Waals surface area contributed by atoms with E-state index in [9.17, 15) is 9.18 Å². The predicted molar refractivity (Wildman–Crippen MR) is 81.0 cm³/mol. The molecule has 2 aromatic rings. The molecule has 5 heteroatoms. The van der Waals surface area contributed by atoms with Crippen molar-refractivity contribution in [2.75, 3.05) is 26.2 Å². The highest BCUT2D eigenvalue weighted by molar-refractivity contribution is 5.91. The second kappa shape index (κ2) is 6.32. The average Bonchev–Trinajstić information content (AvgIpc) is 3.09. The number of benzene rings is 1. The van der Waals surface area contributed by atoms with Crippen LogP contribution in [0.2, 0.25) is 0 Å². The fourth-order valence-electron chi connectivity index (χ4n) is 2.88.